The number of hydrogen-bond donors (Lipinski definition) is 3. The Labute approximate surface area is 206 Å². The molecule has 0 aromatic heterocycles. The van der Waals surface area contributed by atoms with E-state index in [9.17, 15) is 9.90 Å². The van der Waals surface area contributed by atoms with Crippen molar-refractivity contribution in [3.8, 4) is 0 Å². The van der Waals surface area contributed by atoms with Gasteiger partial charge in [-0.3, -0.25) is 0 Å². The summed E-state index contributed by atoms with van der Waals surface area (Å²) in [5.41, 5.74) is -0.00632. The highest BCUT2D eigenvalue weighted by Gasteiger charge is 2.41. The molecule has 6 nitrogen and oxygen atoms in total. The van der Waals surface area contributed by atoms with Crippen LogP contribution in [0.15, 0.2) is 30.3 Å². The number of benzene rings is 1. The molecule has 192 valence electrons. The molecule has 34 heavy (non-hydrogen) atoms. The number of nitrogens with zero attached hydrogens (tertiary/aromatic N) is 1. The topological polar surface area (TPSA) is 73.8 Å². The van der Waals surface area contributed by atoms with Crippen LogP contribution in [0.3, 0.4) is 0 Å². The second-order valence-corrected chi connectivity index (χ2v) is 10.3. The van der Waals surface area contributed by atoms with Gasteiger partial charge in [-0.15, -0.1) is 0 Å². The molecule has 0 unspecified atom stereocenters. The minimum absolute atomic E-state index is 0.0112. The summed E-state index contributed by atoms with van der Waals surface area (Å²) in [6.45, 7) is 5.47. The van der Waals surface area contributed by atoms with Crippen LogP contribution in [-0.4, -0.2) is 62.0 Å². The normalized spacial score (nSPS) is 22.2. The summed E-state index contributed by atoms with van der Waals surface area (Å²) in [6.07, 6.45) is 10.9. The van der Waals surface area contributed by atoms with E-state index in [1.54, 1.807) is 0 Å². The molecule has 0 radical (unpaired) electrons. The van der Waals surface area contributed by atoms with Crippen molar-refractivity contribution in [2.45, 2.75) is 82.8 Å². The van der Waals surface area contributed by atoms with Gasteiger partial charge in [0.2, 0.25) is 0 Å². The van der Waals surface area contributed by atoms with Crippen LogP contribution >= 0.6 is 0 Å². The number of aliphatic hydroxyl groups is 1. The van der Waals surface area contributed by atoms with Gasteiger partial charge in [0.05, 0.1) is 5.60 Å². The molecular weight excluding hydrogens is 426 g/mol. The van der Waals surface area contributed by atoms with Gasteiger partial charge < -0.3 is 25.4 Å². The molecule has 1 aliphatic heterocycles. The number of ether oxygens (including phenoxy) is 1. The van der Waals surface area contributed by atoms with Gasteiger partial charge in [0.25, 0.3) is 0 Å². The molecule has 1 aromatic carbocycles. The highest BCUT2D eigenvalue weighted by molar-refractivity contribution is 5.74. The lowest BCUT2D eigenvalue weighted by Crippen LogP contribution is -2.54. The Hall–Kier alpha value is -1.63. The van der Waals surface area contributed by atoms with Crippen molar-refractivity contribution in [1.82, 2.24) is 15.5 Å². The monoisotopic (exact) mass is 473 g/mol. The zero-order valence-corrected chi connectivity index (χ0v) is 21.4. The van der Waals surface area contributed by atoms with E-state index in [0.717, 1.165) is 50.3 Å². The van der Waals surface area contributed by atoms with Crippen LogP contribution in [0.5, 0.6) is 0 Å². The first kappa shape index (κ1) is 27.0. The number of carbonyl (C=O) groups is 1. The number of piperidine rings is 1. The first-order valence-electron chi connectivity index (χ1n) is 13.6. The van der Waals surface area contributed by atoms with Crippen LogP contribution in [0.4, 0.5) is 4.79 Å². The molecule has 0 bridgehead atoms. The number of likely N-dealkylation sites (N-methyl/N-ethyl adjacent to an activating group) is 1. The lowest BCUT2D eigenvalue weighted by molar-refractivity contribution is -0.0592. The third-order valence-electron chi connectivity index (χ3n) is 7.83. The summed E-state index contributed by atoms with van der Waals surface area (Å²) < 4.78 is 5.55. The molecular formula is C28H47N3O3. The fraction of sp³-hybridized carbons (Fsp3) is 0.750. The van der Waals surface area contributed by atoms with Crippen LogP contribution in [-0.2, 0) is 10.3 Å². The van der Waals surface area contributed by atoms with Crippen molar-refractivity contribution in [2.75, 3.05) is 39.9 Å². The van der Waals surface area contributed by atoms with Crippen LogP contribution in [0.25, 0.3) is 0 Å². The Bertz CT molecular complexity index is 710. The van der Waals surface area contributed by atoms with E-state index < -0.39 is 5.60 Å². The quantitative estimate of drug-likeness (QED) is 0.386. The lowest BCUT2D eigenvalue weighted by atomic mass is 9.74. The fourth-order valence-electron chi connectivity index (χ4n) is 5.98. The van der Waals surface area contributed by atoms with E-state index in [0.29, 0.717) is 26.2 Å². The van der Waals surface area contributed by atoms with Crippen molar-refractivity contribution in [1.29, 1.82) is 0 Å². The summed E-state index contributed by atoms with van der Waals surface area (Å²) in [6, 6.07) is 10.2. The number of likely N-dealkylation sites (tertiary alicyclic amines) is 1. The average Bonchev–Trinajstić information content (AvgIpc) is 2.88. The molecule has 2 aliphatic rings. The van der Waals surface area contributed by atoms with Gasteiger partial charge in [0.15, 0.2) is 0 Å². The first-order valence-corrected chi connectivity index (χ1v) is 13.6. The van der Waals surface area contributed by atoms with Crippen LogP contribution < -0.4 is 10.6 Å². The molecule has 1 saturated carbocycles. The van der Waals surface area contributed by atoms with Crippen molar-refractivity contribution >= 4 is 6.03 Å². The largest absolute Gasteiger partial charge is 0.385 e. The first-order chi connectivity index (χ1) is 16.6. The van der Waals surface area contributed by atoms with Gasteiger partial charge in [-0.05, 0) is 57.6 Å². The number of hydrogen-bond acceptors (Lipinski definition) is 4. The van der Waals surface area contributed by atoms with E-state index in [4.69, 9.17) is 4.74 Å². The predicted octanol–water partition coefficient (Wildman–Crippen LogP) is 4.67. The molecule has 1 saturated heterocycles. The standard InChI is InChI=1S/C28H47N3O3/c1-3-34-19-11-17-28(33,24-14-8-5-9-15-24)25-16-10-18-31(22-25)27(32)30-26(21-29-2)20-23-12-6-4-7-13-23/h5,8-9,14-15,23,25-26,29,33H,3-4,6-7,10-13,16-22H2,1-2H3,(H,30,32)/t25-,26+,28-/m1/s1. The molecule has 2 amide bonds. The maximum atomic E-state index is 13.3. The summed E-state index contributed by atoms with van der Waals surface area (Å²) in [7, 11) is 1.96. The Morgan fingerprint density at radius 1 is 1.18 bits per heavy atom. The minimum atomic E-state index is -0.955. The van der Waals surface area contributed by atoms with Gasteiger partial charge in [-0.25, -0.2) is 4.79 Å². The van der Waals surface area contributed by atoms with Gasteiger partial charge in [-0.1, -0.05) is 62.4 Å². The van der Waals surface area contributed by atoms with Crippen molar-refractivity contribution in [2.24, 2.45) is 11.8 Å². The summed E-state index contributed by atoms with van der Waals surface area (Å²) in [5.74, 6) is 0.729. The SMILES string of the molecule is CCOCCC[C@@](O)(c1ccccc1)[C@@H]1CCCN(C(=O)N[C@H](CNC)CC2CCCCC2)C1. The highest BCUT2D eigenvalue weighted by atomic mass is 16.5. The van der Waals surface area contributed by atoms with Gasteiger partial charge in [-0.2, -0.15) is 0 Å². The Balaban J connectivity index is 1.64. The molecule has 6 heteroatoms. The highest BCUT2D eigenvalue weighted by Crippen LogP contribution is 2.39. The maximum absolute atomic E-state index is 13.3. The van der Waals surface area contributed by atoms with E-state index >= 15 is 0 Å². The second-order valence-electron chi connectivity index (χ2n) is 10.3. The van der Waals surface area contributed by atoms with Gasteiger partial charge >= 0.3 is 6.03 Å². The Kier molecular flexibility index (Phi) is 11.1. The maximum Gasteiger partial charge on any atom is 0.317 e. The number of nitrogens with one attached hydrogen (secondary N) is 2. The van der Waals surface area contributed by atoms with Crippen LogP contribution in [0.1, 0.15) is 76.7 Å². The van der Waals surface area contributed by atoms with E-state index in [1.807, 2.05) is 49.2 Å². The van der Waals surface area contributed by atoms with E-state index in [1.165, 1.54) is 32.1 Å². The van der Waals surface area contributed by atoms with Gasteiger partial charge in [0, 0.05) is 44.8 Å². The average molecular weight is 474 g/mol. The van der Waals surface area contributed by atoms with Crippen molar-refractivity contribution in [3.63, 3.8) is 0 Å². The van der Waals surface area contributed by atoms with E-state index in [-0.39, 0.29) is 18.0 Å². The number of carbonyl (C=O) groups excluding carboxylic acids is 1. The third kappa shape index (κ3) is 7.69. The zero-order valence-electron chi connectivity index (χ0n) is 21.4. The summed E-state index contributed by atoms with van der Waals surface area (Å²) in [4.78, 5) is 15.3. The molecule has 0 spiro atoms. The van der Waals surface area contributed by atoms with Crippen LogP contribution in [0.2, 0.25) is 0 Å². The summed E-state index contributed by atoms with van der Waals surface area (Å²) in [5, 5.41) is 18.6. The second kappa shape index (κ2) is 14.1. The number of urea groups is 1. The van der Waals surface area contributed by atoms with Crippen molar-refractivity contribution < 1.29 is 14.6 Å². The summed E-state index contributed by atoms with van der Waals surface area (Å²) >= 11 is 0. The smallest absolute Gasteiger partial charge is 0.317 e. The zero-order chi connectivity index (χ0) is 24.2. The predicted molar refractivity (Wildman–Crippen MR) is 138 cm³/mol. The fourth-order valence-corrected chi connectivity index (χ4v) is 5.98. The molecule has 1 aromatic rings. The van der Waals surface area contributed by atoms with Crippen molar-refractivity contribution in [3.05, 3.63) is 35.9 Å². The number of amides is 2. The Morgan fingerprint density at radius 2 is 1.94 bits per heavy atom. The molecule has 3 N–H and O–H groups in total. The third-order valence-corrected chi connectivity index (χ3v) is 7.83. The van der Waals surface area contributed by atoms with E-state index in [2.05, 4.69) is 10.6 Å². The Morgan fingerprint density at radius 3 is 2.65 bits per heavy atom. The molecule has 3 rings (SSSR count). The van der Waals surface area contributed by atoms with Gasteiger partial charge in [0.1, 0.15) is 0 Å². The lowest BCUT2D eigenvalue weighted by Gasteiger charge is -2.43. The molecule has 2 fully saturated rings. The molecule has 3 atom stereocenters. The molecule has 1 aliphatic carbocycles. The van der Waals surface area contributed by atoms with Crippen LogP contribution in [0, 0.1) is 11.8 Å². The number of rotatable bonds is 12. The molecule has 1 heterocycles. The minimum Gasteiger partial charge on any atom is -0.385 e.